The zero-order chi connectivity index (χ0) is 16.0. The fourth-order valence-corrected chi connectivity index (χ4v) is 2.50. The van der Waals surface area contributed by atoms with Gasteiger partial charge in [-0.3, -0.25) is 9.59 Å². The molecule has 5 nitrogen and oxygen atoms in total. The zero-order valence-electron chi connectivity index (χ0n) is 12.4. The summed E-state index contributed by atoms with van der Waals surface area (Å²) in [6, 6.07) is 5.16. The number of benzene rings is 1. The number of carboxylic acids is 1. The van der Waals surface area contributed by atoms with Gasteiger partial charge < -0.3 is 14.7 Å². The van der Waals surface area contributed by atoms with Crippen molar-refractivity contribution in [1.29, 1.82) is 0 Å². The molecule has 0 fully saturated rings. The number of nitrogens with zero attached hydrogens (tertiary/aromatic N) is 1. The van der Waals surface area contributed by atoms with E-state index in [2.05, 4.69) is 15.9 Å². The van der Waals surface area contributed by atoms with Crippen LogP contribution in [0.25, 0.3) is 0 Å². The van der Waals surface area contributed by atoms with Gasteiger partial charge in [0.05, 0.1) is 11.6 Å². The van der Waals surface area contributed by atoms with Gasteiger partial charge >= 0.3 is 5.97 Å². The van der Waals surface area contributed by atoms with Crippen molar-refractivity contribution in [3.05, 3.63) is 28.2 Å². The van der Waals surface area contributed by atoms with E-state index in [0.717, 1.165) is 0 Å². The second kappa shape index (κ2) is 8.02. The fourth-order valence-electron chi connectivity index (χ4n) is 1.96. The number of carbonyl (C=O) groups excluding carboxylic acids is 1. The molecule has 0 aliphatic heterocycles. The molecule has 1 rings (SSSR count). The van der Waals surface area contributed by atoms with E-state index >= 15 is 0 Å². The molecule has 0 aromatic heterocycles. The first-order valence-corrected chi connectivity index (χ1v) is 7.52. The normalized spacial score (nSPS) is 10.5. The Kier molecular flexibility index (Phi) is 6.68. The molecule has 1 amide bonds. The molecule has 0 atom stereocenters. The number of halogens is 1. The molecule has 0 saturated heterocycles. The van der Waals surface area contributed by atoms with E-state index in [9.17, 15) is 9.59 Å². The second-order valence-electron chi connectivity index (χ2n) is 4.94. The van der Waals surface area contributed by atoms with Crippen molar-refractivity contribution in [2.45, 2.75) is 32.7 Å². The third kappa shape index (κ3) is 5.04. The predicted molar refractivity (Wildman–Crippen MR) is 83.7 cm³/mol. The first kappa shape index (κ1) is 17.5. The Balaban J connectivity index is 2.85. The smallest absolute Gasteiger partial charge is 0.303 e. The highest BCUT2D eigenvalue weighted by atomic mass is 79.9. The van der Waals surface area contributed by atoms with Crippen LogP contribution in [0, 0.1) is 0 Å². The zero-order valence-corrected chi connectivity index (χ0v) is 14.0. The first-order chi connectivity index (χ1) is 9.86. The van der Waals surface area contributed by atoms with Crippen molar-refractivity contribution < 1.29 is 19.4 Å². The van der Waals surface area contributed by atoms with Crippen molar-refractivity contribution in [1.82, 2.24) is 4.90 Å². The molecular formula is C15H20BrNO4. The maximum atomic E-state index is 12.5. The van der Waals surface area contributed by atoms with Gasteiger partial charge in [0, 0.05) is 24.6 Å². The van der Waals surface area contributed by atoms with Crippen LogP contribution in [0.2, 0.25) is 0 Å². The highest BCUT2D eigenvalue weighted by molar-refractivity contribution is 9.10. The number of carboxylic acid groups (broad SMARTS) is 1. The number of aliphatic carboxylic acids is 1. The topological polar surface area (TPSA) is 66.8 Å². The molecular weight excluding hydrogens is 338 g/mol. The lowest BCUT2D eigenvalue weighted by Gasteiger charge is -2.27. The van der Waals surface area contributed by atoms with E-state index in [1.165, 1.54) is 0 Å². The Hall–Kier alpha value is -1.56. The minimum Gasteiger partial charge on any atom is -0.496 e. The van der Waals surface area contributed by atoms with Crippen molar-refractivity contribution in [2.24, 2.45) is 0 Å². The number of amides is 1. The van der Waals surface area contributed by atoms with Gasteiger partial charge in [-0.25, -0.2) is 0 Å². The molecule has 6 heteroatoms. The van der Waals surface area contributed by atoms with Crippen LogP contribution in [0.1, 0.15) is 37.0 Å². The minimum atomic E-state index is -0.849. The number of carbonyl (C=O) groups is 2. The molecule has 0 saturated carbocycles. The average molecular weight is 358 g/mol. The fraction of sp³-hybridized carbons (Fsp3) is 0.467. The molecule has 1 aromatic rings. The summed E-state index contributed by atoms with van der Waals surface area (Å²) in [4.78, 5) is 24.8. The van der Waals surface area contributed by atoms with Crippen LogP contribution in [0.5, 0.6) is 5.75 Å². The van der Waals surface area contributed by atoms with Gasteiger partial charge in [0.2, 0.25) is 0 Å². The summed E-state index contributed by atoms with van der Waals surface area (Å²) in [5, 5.41) is 8.69. The standard InChI is InChI=1S/C15H20BrNO4/c1-10(2)17(8-4-5-14(18)19)15(20)11-6-7-13(21-3)12(16)9-11/h6-7,9-10H,4-5,8H2,1-3H3,(H,18,19). The Morgan fingerprint density at radius 2 is 2.05 bits per heavy atom. The number of hydrogen-bond acceptors (Lipinski definition) is 3. The number of methoxy groups -OCH3 is 1. The van der Waals surface area contributed by atoms with Gasteiger partial charge in [-0.15, -0.1) is 0 Å². The van der Waals surface area contributed by atoms with Crippen molar-refractivity contribution in [3.63, 3.8) is 0 Å². The number of rotatable bonds is 7. The van der Waals surface area contributed by atoms with Crippen LogP contribution in [0.15, 0.2) is 22.7 Å². The maximum absolute atomic E-state index is 12.5. The Labute approximate surface area is 133 Å². The summed E-state index contributed by atoms with van der Waals surface area (Å²) < 4.78 is 5.85. The maximum Gasteiger partial charge on any atom is 0.303 e. The van der Waals surface area contributed by atoms with Crippen molar-refractivity contribution >= 4 is 27.8 Å². The van der Waals surface area contributed by atoms with Gasteiger partial charge in [-0.1, -0.05) is 0 Å². The van der Waals surface area contributed by atoms with E-state index in [1.807, 2.05) is 13.8 Å². The molecule has 0 aliphatic rings. The van der Waals surface area contributed by atoms with Gasteiger partial charge in [-0.2, -0.15) is 0 Å². The third-order valence-electron chi connectivity index (χ3n) is 3.07. The molecule has 0 spiro atoms. The van der Waals surface area contributed by atoms with Crippen molar-refractivity contribution in [3.8, 4) is 5.75 Å². The van der Waals surface area contributed by atoms with Crippen LogP contribution >= 0.6 is 15.9 Å². The Morgan fingerprint density at radius 1 is 1.38 bits per heavy atom. The van der Waals surface area contributed by atoms with E-state index in [1.54, 1.807) is 30.2 Å². The molecule has 0 bridgehead atoms. The van der Waals surface area contributed by atoms with Gasteiger partial charge in [0.1, 0.15) is 5.75 Å². The third-order valence-corrected chi connectivity index (χ3v) is 3.69. The quantitative estimate of drug-likeness (QED) is 0.813. The Morgan fingerprint density at radius 3 is 2.52 bits per heavy atom. The SMILES string of the molecule is COc1ccc(C(=O)N(CCCC(=O)O)C(C)C)cc1Br. The molecule has 1 aromatic carbocycles. The largest absolute Gasteiger partial charge is 0.496 e. The monoisotopic (exact) mass is 357 g/mol. The molecule has 0 heterocycles. The molecule has 0 unspecified atom stereocenters. The summed E-state index contributed by atoms with van der Waals surface area (Å²) in [6.45, 7) is 4.25. The predicted octanol–water partition coefficient (Wildman–Crippen LogP) is 3.17. The summed E-state index contributed by atoms with van der Waals surface area (Å²) in [6.07, 6.45) is 0.499. The lowest BCUT2D eigenvalue weighted by Crippen LogP contribution is -2.37. The minimum absolute atomic E-state index is 0.00664. The average Bonchev–Trinajstić information content (AvgIpc) is 2.42. The molecule has 0 radical (unpaired) electrons. The van der Waals surface area contributed by atoms with E-state index in [4.69, 9.17) is 9.84 Å². The Bertz CT molecular complexity index is 516. The molecule has 0 aliphatic carbocycles. The first-order valence-electron chi connectivity index (χ1n) is 6.73. The van der Waals surface area contributed by atoms with Gasteiger partial charge in [-0.05, 0) is 54.4 Å². The summed E-state index contributed by atoms with van der Waals surface area (Å²) in [5.74, 6) is -0.300. The van der Waals surface area contributed by atoms with Crippen LogP contribution in [-0.2, 0) is 4.79 Å². The highest BCUT2D eigenvalue weighted by Gasteiger charge is 2.19. The molecule has 116 valence electrons. The van der Waals surface area contributed by atoms with Gasteiger partial charge in [0.15, 0.2) is 0 Å². The lowest BCUT2D eigenvalue weighted by molar-refractivity contribution is -0.137. The van der Waals surface area contributed by atoms with Crippen LogP contribution in [0.4, 0.5) is 0 Å². The van der Waals surface area contributed by atoms with Crippen LogP contribution < -0.4 is 4.74 Å². The molecule has 1 N–H and O–H groups in total. The van der Waals surface area contributed by atoms with E-state index in [-0.39, 0.29) is 18.4 Å². The summed E-state index contributed by atoms with van der Waals surface area (Å²) >= 11 is 3.36. The van der Waals surface area contributed by atoms with E-state index < -0.39 is 5.97 Å². The summed E-state index contributed by atoms with van der Waals surface area (Å²) in [5.41, 5.74) is 0.548. The van der Waals surface area contributed by atoms with Crippen LogP contribution in [-0.4, -0.2) is 41.6 Å². The van der Waals surface area contributed by atoms with Crippen LogP contribution in [0.3, 0.4) is 0 Å². The van der Waals surface area contributed by atoms with Gasteiger partial charge in [0.25, 0.3) is 5.91 Å². The summed E-state index contributed by atoms with van der Waals surface area (Å²) in [7, 11) is 1.56. The second-order valence-corrected chi connectivity index (χ2v) is 5.79. The van der Waals surface area contributed by atoms with E-state index in [0.29, 0.717) is 28.8 Å². The number of hydrogen-bond donors (Lipinski definition) is 1. The highest BCUT2D eigenvalue weighted by Crippen LogP contribution is 2.26. The number of ether oxygens (including phenoxy) is 1. The lowest BCUT2D eigenvalue weighted by atomic mass is 10.1. The van der Waals surface area contributed by atoms with Crippen molar-refractivity contribution in [2.75, 3.05) is 13.7 Å². The molecule has 21 heavy (non-hydrogen) atoms.